The normalized spacial score (nSPS) is 12.3. The molecular weight excluding hydrogens is 444 g/mol. The third-order valence-corrected chi connectivity index (χ3v) is 7.21. The van der Waals surface area contributed by atoms with Gasteiger partial charge in [0.05, 0.1) is 16.8 Å². The lowest BCUT2D eigenvalue weighted by Crippen LogP contribution is -2.27. The summed E-state index contributed by atoms with van der Waals surface area (Å²) in [5.41, 5.74) is 5.62. The van der Waals surface area contributed by atoms with Crippen molar-refractivity contribution in [2.45, 2.75) is 45.6 Å². The highest BCUT2D eigenvalue weighted by molar-refractivity contribution is 7.92. The molecule has 3 aromatic rings. The number of carbonyl (C=O) groups is 1. The Bertz CT molecular complexity index is 1290. The molecule has 3 aromatic carbocycles. The van der Waals surface area contributed by atoms with E-state index in [4.69, 9.17) is 11.6 Å². The quantitative estimate of drug-likeness (QED) is 0.473. The molecule has 0 saturated heterocycles. The maximum absolute atomic E-state index is 13.1. The van der Waals surface area contributed by atoms with Crippen molar-refractivity contribution in [2.75, 3.05) is 4.72 Å². The van der Waals surface area contributed by atoms with E-state index in [1.165, 1.54) is 18.2 Å². The Morgan fingerprint density at radius 2 is 1.53 bits per heavy atom. The predicted molar refractivity (Wildman–Crippen MR) is 130 cm³/mol. The number of carbonyl (C=O) groups excluding carboxylic acids is 1. The van der Waals surface area contributed by atoms with Gasteiger partial charge in [-0.05, 0) is 81.1 Å². The van der Waals surface area contributed by atoms with E-state index in [-0.39, 0.29) is 27.4 Å². The SMILES string of the molecule is Cc1ccc(C(C)NC(=O)c2ccc(Cl)c(S(=O)(=O)Nc3cc(C)ccc3C)c2)c(C)c1. The molecule has 0 radical (unpaired) electrons. The largest absolute Gasteiger partial charge is 0.346 e. The van der Waals surface area contributed by atoms with E-state index < -0.39 is 10.0 Å². The van der Waals surface area contributed by atoms with Crippen molar-refractivity contribution in [3.63, 3.8) is 0 Å². The van der Waals surface area contributed by atoms with Gasteiger partial charge in [0.2, 0.25) is 0 Å². The van der Waals surface area contributed by atoms with Crippen LogP contribution in [0, 0.1) is 27.7 Å². The number of halogens is 1. The van der Waals surface area contributed by atoms with Gasteiger partial charge in [-0.3, -0.25) is 9.52 Å². The first-order valence-electron chi connectivity index (χ1n) is 10.3. The summed E-state index contributed by atoms with van der Waals surface area (Å²) in [5, 5.41) is 2.98. The highest BCUT2D eigenvalue weighted by atomic mass is 35.5. The van der Waals surface area contributed by atoms with Crippen LogP contribution in [0.4, 0.5) is 5.69 Å². The van der Waals surface area contributed by atoms with E-state index in [1.54, 1.807) is 6.07 Å². The molecule has 0 fully saturated rings. The van der Waals surface area contributed by atoms with Crippen LogP contribution in [0.15, 0.2) is 59.5 Å². The summed E-state index contributed by atoms with van der Waals surface area (Å²) < 4.78 is 28.7. The number of amides is 1. The second-order valence-electron chi connectivity index (χ2n) is 8.12. The lowest BCUT2D eigenvalue weighted by atomic mass is 10.00. The smallest absolute Gasteiger partial charge is 0.263 e. The third-order valence-electron chi connectivity index (χ3n) is 5.36. The first kappa shape index (κ1) is 23.8. The van der Waals surface area contributed by atoms with Crippen LogP contribution in [0.3, 0.4) is 0 Å². The first-order valence-corrected chi connectivity index (χ1v) is 12.1. The average Bonchev–Trinajstić information content (AvgIpc) is 2.70. The highest BCUT2D eigenvalue weighted by Gasteiger charge is 2.22. The van der Waals surface area contributed by atoms with Crippen LogP contribution < -0.4 is 10.0 Å². The summed E-state index contributed by atoms with van der Waals surface area (Å²) in [5.74, 6) is -0.377. The Kier molecular flexibility index (Phi) is 6.96. The standard InChI is InChI=1S/C25H27ClN2O3S/c1-15-7-10-21(18(4)12-15)19(5)27-25(29)20-9-11-22(26)24(14-20)32(30,31)28-23-13-16(2)6-8-17(23)3/h6-14,19,28H,1-5H3,(H,27,29). The average molecular weight is 471 g/mol. The van der Waals surface area contributed by atoms with Crippen molar-refractivity contribution >= 4 is 33.2 Å². The summed E-state index contributed by atoms with van der Waals surface area (Å²) in [6.07, 6.45) is 0. The van der Waals surface area contributed by atoms with E-state index in [0.717, 1.165) is 27.8 Å². The van der Waals surface area contributed by atoms with Crippen LogP contribution in [0.25, 0.3) is 0 Å². The molecule has 3 rings (SSSR count). The molecular formula is C25H27ClN2O3S. The second kappa shape index (κ2) is 9.35. The predicted octanol–water partition coefficient (Wildman–Crippen LogP) is 5.87. The highest BCUT2D eigenvalue weighted by Crippen LogP contribution is 2.27. The van der Waals surface area contributed by atoms with Gasteiger partial charge in [0.1, 0.15) is 4.90 Å². The fourth-order valence-corrected chi connectivity index (χ4v) is 5.21. The number of aryl methyl sites for hydroxylation is 4. The van der Waals surface area contributed by atoms with Gasteiger partial charge in [-0.25, -0.2) is 8.42 Å². The Hall–Kier alpha value is -2.83. The van der Waals surface area contributed by atoms with Crippen molar-refractivity contribution in [1.29, 1.82) is 0 Å². The summed E-state index contributed by atoms with van der Waals surface area (Å²) in [4.78, 5) is 12.7. The summed E-state index contributed by atoms with van der Waals surface area (Å²) in [6.45, 7) is 9.60. The molecule has 0 aliphatic rings. The second-order valence-corrected chi connectivity index (χ2v) is 10.2. The van der Waals surface area contributed by atoms with Crippen molar-refractivity contribution < 1.29 is 13.2 Å². The zero-order valence-corrected chi connectivity index (χ0v) is 20.4. The number of hydrogen-bond donors (Lipinski definition) is 2. The minimum atomic E-state index is -3.99. The fraction of sp³-hybridized carbons (Fsp3) is 0.240. The molecule has 1 amide bonds. The van der Waals surface area contributed by atoms with Gasteiger partial charge in [0.15, 0.2) is 0 Å². The van der Waals surface area contributed by atoms with Gasteiger partial charge < -0.3 is 5.32 Å². The molecule has 32 heavy (non-hydrogen) atoms. The summed E-state index contributed by atoms with van der Waals surface area (Å²) in [6, 6.07) is 15.5. The van der Waals surface area contributed by atoms with Crippen LogP contribution in [-0.4, -0.2) is 14.3 Å². The van der Waals surface area contributed by atoms with E-state index >= 15 is 0 Å². The van der Waals surface area contributed by atoms with E-state index in [2.05, 4.69) is 16.1 Å². The maximum atomic E-state index is 13.1. The molecule has 7 heteroatoms. The molecule has 168 valence electrons. The van der Waals surface area contributed by atoms with E-state index in [1.807, 2.05) is 58.9 Å². The molecule has 0 spiro atoms. The first-order chi connectivity index (χ1) is 15.0. The molecule has 5 nitrogen and oxygen atoms in total. The molecule has 0 aliphatic heterocycles. The Morgan fingerprint density at radius 3 is 2.22 bits per heavy atom. The van der Waals surface area contributed by atoms with Crippen LogP contribution >= 0.6 is 11.6 Å². The van der Waals surface area contributed by atoms with Gasteiger partial charge >= 0.3 is 0 Å². The van der Waals surface area contributed by atoms with Crippen LogP contribution in [0.2, 0.25) is 5.02 Å². The number of rotatable bonds is 6. The lowest BCUT2D eigenvalue weighted by Gasteiger charge is -2.18. The van der Waals surface area contributed by atoms with Crippen LogP contribution in [0.5, 0.6) is 0 Å². The van der Waals surface area contributed by atoms with Crippen molar-refractivity contribution in [2.24, 2.45) is 0 Å². The fourth-order valence-electron chi connectivity index (χ4n) is 3.57. The van der Waals surface area contributed by atoms with Crippen molar-refractivity contribution in [3.05, 3.63) is 93.0 Å². The van der Waals surface area contributed by atoms with Crippen molar-refractivity contribution in [3.8, 4) is 0 Å². The van der Waals surface area contributed by atoms with Crippen LogP contribution in [0.1, 0.15) is 51.1 Å². The van der Waals surface area contributed by atoms with E-state index in [0.29, 0.717) is 5.69 Å². The van der Waals surface area contributed by atoms with Gasteiger partial charge in [-0.1, -0.05) is 47.5 Å². The Morgan fingerprint density at radius 1 is 0.875 bits per heavy atom. The zero-order chi connectivity index (χ0) is 23.6. The minimum absolute atomic E-state index is 0.0433. The zero-order valence-electron chi connectivity index (χ0n) is 18.8. The number of hydrogen-bond acceptors (Lipinski definition) is 3. The van der Waals surface area contributed by atoms with Gasteiger partial charge in [-0.15, -0.1) is 0 Å². The van der Waals surface area contributed by atoms with Gasteiger partial charge in [-0.2, -0.15) is 0 Å². The van der Waals surface area contributed by atoms with Crippen LogP contribution in [-0.2, 0) is 10.0 Å². The number of nitrogens with one attached hydrogen (secondary N) is 2. The van der Waals surface area contributed by atoms with Gasteiger partial charge in [0.25, 0.3) is 15.9 Å². The Balaban J connectivity index is 1.87. The number of sulfonamides is 1. The molecule has 0 saturated carbocycles. The molecule has 0 aromatic heterocycles. The lowest BCUT2D eigenvalue weighted by molar-refractivity contribution is 0.0939. The summed E-state index contributed by atoms with van der Waals surface area (Å²) >= 11 is 6.21. The Labute approximate surface area is 194 Å². The topological polar surface area (TPSA) is 75.3 Å². The third kappa shape index (κ3) is 5.31. The van der Waals surface area contributed by atoms with E-state index in [9.17, 15) is 13.2 Å². The molecule has 0 bridgehead atoms. The maximum Gasteiger partial charge on any atom is 0.263 e. The monoisotopic (exact) mass is 470 g/mol. The van der Waals surface area contributed by atoms with Crippen molar-refractivity contribution in [1.82, 2.24) is 5.32 Å². The molecule has 0 aliphatic carbocycles. The molecule has 0 heterocycles. The van der Waals surface area contributed by atoms with Gasteiger partial charge in [0, 0.05) is 5.56 Å². The number of benzene rings is 3. The number of anilines is 1. The molecule has 1 atom stereocenters. The minimum Gasteiger partial charge on any atom is -0.346 e. The molecule has 1 unspecified atom stereocenters. The molecule has 2 N–H and O–H groups in total. The summed E-state index contributed by atoms with van der Waals surface area (Å²) in [7, 11) is -3.99.